The van der Waals surface area contributed by atoms with Crippen LogP contribution in [0.4, 0.5) is 0 Å². The summed E-state index contributed by atoms with van der Waals surface area (Å²) in [6.07, 6.45) is 5.97. The minimum atomic E-state index is -0.389. The zero-order chi connectivity index (χ0) is 27.2. The molecule has 1 aromatic rings. The van der Waals surface area contributed by atoms with Gasteiger partial charge in [-0.2, -0.15) is 5.10 Å². The van der Waals surface area contributed by atoms with Gasteiger partial charge in [-0.15, -0.1) is 0 Å². The fraction of sp³-hybridized carbons (Fsp3) is 0.536. The number of benzene rings is 1. The lowest BCUT2D eigenvalue weighted by Crippen LogP contribution is -2.65. The molecule has 202 valence electrons. The number of ether oxygens (including phenoxy) is 2. The van der Waals surface area contributed by atoms with Gasteiger partial charge in [0, 0.05) is 37.4 Å². The van der Waals surface area contributed by atoms with Crippen molar-refractivity contribution in [2.45, 2.75) is 45.6 Å². The Labute approximate surface area is 222 Å². The molecule has 1 aromatic carbocycles. The van der Waals surface area contributed by atoms with E-state index in [1.54, 1.807) is 19.1 Å². The molecule has 4 amide bonds. The number of piperidine rings is 1. The average Bonchev–Trinajstić information content (AvgIpc) is 2.85. The molecule has 1 aliphatic carbocycles. The van der Waals surface area contributed by atoms with Gasteiger partial charge in [-0.25, -0.2) is 5.01 Å². The second-order valence-electron chi connectivity index (χ2n) is 11.2. The van der Waals surface area contributed by atoms with Gasteiger partial charge < -0.3 is 14.4 Å². The topological polar surface area (TPSA) is 109 Å². The van der Waals surface area contributed by atoms with Gasteiger partial charge in [-0.05, 0) is 36.5 Å². The highest BCUT2D eigenvalue weighted by molar-refractivity contribution is 6.07. The third kappa shape index (κ3) is 4.68. The summed E-state index contributed by atoms with van der Waals surface area (Å²) in [5.41, 5.74) is 1.29. The smallest absolute Gasteiger partial charge is 0.247 e. The maximum absolute atomic E-state index is 13.5. The molecule has 0 saturated carbocycles. The second kappa shape index (κ2) is 9.89. The predicted octanol–water partition coefficient (Wildman–Crippen LogP) is 2.22. The number of nitrogens with zero attached hydrogens (tertiary/aromatic N) is 4. The van der Waals surface area contributed by atoms with Crippen LogP contribution in [0.1, 0.15) is 45.1 Å². The summed E-state index contributed by atoms with van der Waals surface area (Å²) in [7, 11) is 3.16. The van der Waals surface area contributed by atoms with Gasteiger partial charge in [0.25, 0.3) is 0 Å². The van der Waals surface area contributed by atoms with Crippen molar-refractivity contribution >= 4 is 29.3 Å². The van der Waals surface area contributed by atoms with Crippen molar-refractivity contribution in [3.05, 3.63) is 35.9 Å². The molecule has 4 aliphatic rings. The summed E-state index contributed by atoms with van der Waals surface area (Å²) in [6, 6.07) is 5.37. The monoisotopic (exact) mass is 522 g/mol. The highest BCUT2D eigenvalue weighted by atomic mass is 16.5. The van der Waals surface area contributed by atoms with E-state index in [4.69, 9.17) is 14.6 Å². The third-order valence-electron chi connectivity index (χ3n) is 7.94. The van der Waals surface area contributed by atoms with Gasteiger partial charge in [0.05, 0.1) is 31.9 Å². The van der Waals surface area contributed by atoms with Gasteiger partial charge in [-0.3, -0.25) is 24.1 Å². The number of carbonyl (C=O) groups excluding carboxylic acids is 4. The molecular weight excluding hydrogens is 488 g/mol. The number of amides is 4. The molecule has 38 heavy (non-hydrogen) atoms. The van der Waals surface area contributed by atoms with Gasteiger partial charge in [0.15, 0.2) is 11.5 Å². The van der Waals surface area contributed by atoms with Gasteiger partial charge >= 0.3 is 0 Å². The lowest BCUT2D eigenvalue weighted by atomic mass is 9.76. The summed E-state index contributed by atoms with van der Waals surface area (Å²) in [5, 5.41) is 6.37. The van der Waals surface area contributed by atoms with Crippen LogP contribution in [0.2, 0.25) is 0 Å². The SMILES string of the molecule is COc1ccc(C2=NN(C3CN(C(=O)CN4C(=O)CC(C)(C)CC4=O)C3)C(=O)[C@@H]3CC=CC[C@H]23)cc1OC. The van der Waals surface area contributed by atoms with E-state index in [1.807, 2.05) is 38.1 Å². The highest BCUT2D eigenvalue weighted by Crippen LogP contribution is 2.38. The van der Waals surface area contributed by atoms with Crippen LogP contribution >= 0.6 is 0 Å². The number of allylic oxidation sites excluding steroid dienone is 2. The standard InChI is InChI=1S/C28H34N4O6/c1-28(2)12-23(33)31(24(34)13-28)16-25(35)30-14-18(15-30)32-27(36)20-8-6-5-7-19(20)26(29-32)17-9-10-21(37-3)22(11-17)38-4/h5-6,9-11,18-20H,7-8,12-16H2,1-4H3/t19-,20+/m0/s1. The molecule has 3 aliphatic heterocycles. The van der Waals surface area contributed by atoms with E-state index in [0.717, 1.165) is 22.6 Å². The molecule has 0 radical (unpaired) electrons. The molecule has 3 heterocycles. The molecule has 2 fully saturated rings. The van der Waals surface area contributed by atoms with Crippen LogP contribution in [-0.4, -0.2) is 84.0 Å². The molecule has 10 heteroatoms. The first-order chi connectivity index (χ1) is 18.1. The lowest BCUT2D eigenvalue weighted by Gasteiger charge is -2.47. The number of hydrogen-bond donors (Lipinski definition) is 0. The van der Waals surface area contributed by atoms with Crippen LogP contribution in [0, 0.1) is 17.3 Å². The summed E-state index contributed by atoms with van der Waals surface area (Å²) in [5.74, 6) is -0.0316. The van der Waals surface area contributed by atoms with Crippen molar-refractivity contribution in [3.8, 4) is 11.5 Å². The highest BCUT2D eigenvalue weighted by Gasteiger charge is 2.47. The molecule has 0 aromatic heterocycles. The Balaban J connectivity index is 1.32. The van der Waals surface area contributed by atoms with Crippen LogP contribution < -0.4 is 9.47 Å². The Morgan fingerprint density at radius 1 is 0.974 bits per heavy atom. The Kier molecular flexibility index (Phi) is 6.75. The zero-order valence-electron chi connectivity index (χ0n) is 22.3. The Morgan fingerprint density at radius 3 is 2.24 bits per heavy atom. The van der Waals surface area contributed by atoms with Crippen LogP contribution in [-0.2, 0) is 19.2 Å². The Bertz CT molecular complexity index is 1210. The number of rotatable bonds is 6. The summed E-state index contributed by atoms with van der Waals surface area (Å²) >= 11 is 0. The first-order valence-corrected chi connectivity index (χ1v) is 13.0. The molecule has 2 atom stereocenters. The van der Waals surface area contributed by atoms with Crippen molar-refractivity contribution in [3.63, 3.8) is 0 Å². The fourth-order valence-electron chi connectivity index (χ4n) is 5.76. The lowest BCUT2D eigenvalue weighted by molar-refractivity contribution is -0.159. The van der Waals surface area contributed by atoms with Crippen molar-refractivity contribution < 1.29 is 28.7 Å². The van der Waals surface area contributed by atoms with E-state index in [-0.39, 0.29) is 66.3 Å². The average molecular weight is 523 g/mol. The first kappa shape index (κ1) is 25.9. The van der Waals surface area contributed by atoms with Gasteiger partial charge in [-0.1, -0.05) is 26.0 Å². The number of fused-ring (bicyclic) bond motifs is 1. The van der Waals surface area contributed by atoms with Crippen LogP contribution in [0.25, 0.3) is 0 Å². The second-order valence-corrected chi connectivity index (χ2v) is 11.2. The van der Waals surface area contributed by atoms with E-state index >= 15 is 0 Å². The van der Waals surface area contributed by atoms with E-state index in [9.17, 15) is 19.2 Å². The minimum absolute atomic E-state index is 0.0377. The van der Waals surface area contributed by atoms with E-state index < -0.39 is 0 Å². The van der Waals surface area contributed by atoms with Crippen molar-refractivity contribution in [1.29, 1.82) is 0 Å². The number of hydrazone groups is 1. The van der Waals surface area contributed by atoms with Gasteiger partial charge in [0.2, 0.25) is 23.6 Å². The summed E-state index contributed by atoms with van der Waals surface area (Å²) in [6.45, 7) is 4.11. The Hall–Kier alpha value is -3.69. The normalized spacial score (nSPS) is 25.1. The quantitative estimate of drug-likeness (QED) is 0.419. The molecular formula is C28H34N4O6. The largest absolute Gasteiger partial charge is 0.493 e. The van der Waals surface area contributed by atoms with Crippen LogP contribution in [0.3, 0.4) is 0 Å². The molecule has 10 nitrogen and oxygen atoms in total. The van der Waals surface area contributed by atoms with Crippen molar-refractivity contribution in [2.24, 2.45) is 22.4 Å². The summed E-state index contributed by atoms with van der Waals surface area (Å²) < 4.78 is 10.9. The molecule has 5 rings (SSSR count). The number of imide groups is 1. The fourth-order valence-corrected chi connectivity index (χ4v) is 5.76. The zero-order valence-corrected chi connectivity index (χ0v) is 22.3. The van der Waals surface area contributed by atoms with Crippen LogP contribution in [0.5, 0.6) is 11.5 Å². The number of hydrogen-bond acceptors (Lipinski definition) is 7. The molecule has 0 bridgehead atoms. The van der Waals surface area contributed by atoms with Crippen molar-refractivity contribution in [1.82, 2.24) is 14.8 Å². The van der Waals surface area contributed by atoms with Gasteiger partial charge in [0.1, 0.15) is 6.54 Å². The van der Waals surface area contributed by atoms with E-state index in [1.165, 1.54) is 5.01 Å². The molecule has 0 N–H and O–H groups in total. The maximum Gasteiger partial charge on any atom is 0.247 e. The first-order valence-electron chi connectivity index (χ1n) is 13.0. The number of carbonyl (C=O) groups is 4. The maximum atomic E-state index is 13.5. The third-order valence-corrected chi connectivity index (χ3v) is 7.94. The Morgan fingerprint density at radius 2 is 1.61 bits per heavy atom. The van der Waals surface area contributed by atoms with E-state index in [0.29, 0.717) is 31.0 Å². The minimum Gasteiger partial charge on any atom is -0.493 e. The van der Waals surface area contributed by atoms with Crippen LogP contribution in [0.15, 0.2) is 35.5 Å². The molecule has 2 saturated heterocycles. The van der Waals surface area contributed by atoms with Crippen molar-refractivity contribution in [2.75, 3.05) is 33.9 Å². The molecule has 0 unspecified atom stereocenters. The number of likely N-dealkylation sites (tertiary alicyclic amines) is 2. The predicted molar refractivity (Wildman–Crippen MR) is 138 cm³/mol. The number of methoxy groups -OCH3 is 2. The summed E-state index contributed by atoms with van der Waals surface area (Å²) in [4.78, 5) is 54.0. The molecule has 0 spiro atoms. The van der Waals surface area contributed by atoms with E-state index in [2.05, 4.69) is 6.08 Å².